The van der Waals surface area contributed by atoms with Crippen LogP contribution in [0.5, 0.6) is 0 Å². The summed E-state index contributed by atoms with van der Waals surface area (Å²) in [6.07, 6.45) is 3.08. The molecular formula is C11H23NO2. The lowest BCUT2D eigenvalue weighted by atomic mass is 10.2. The Balaban J connectivity index is 2.21. The third-order valence-corrected chi connectivity index (χ3v) is 2.62. The van der Waals surface area contributed by atoms with Gasteiger partial charge in [-0.05, 0) is 20.3 Å². The van der Waals surface area contributed by atoms with E-state index in [0.717, 1.165) is 26.1 Å². The van der Waals surface area contributed by atoms with Crippen LogP contribution in [0.4, 0.5) is 0 Å². The van der Waals surface area contributed by atoms with Gasteiger partial charge in [0.15, 0.2) is 0 Å². The first-order valence-corrected chi connectivity index (χ1v) is 5.71. The molecule has 1 aliphatic rings. The summed E-state index contributed by atoms with van der Waals surface area (Å²) in [6.45, 7) is 9.11. The van der Waals surface area contributed by atoms with E-state index in [-0.39, 0.29) is 12.2 Å². The van der Waals surface area contributed by atoms with Crippen LogP contribution >= 0.6 is 0 Å². The molecule has 0 saturated carbocycles. The van der Waals surface area contributed by atoms with Crippen LogP contribution < -0.4 is 5.32 Å². The SMILES string of the molecule is CCCC(C)OC(C)C1CNCCO1. The van der Waals surface area contributed by atoms with E-state index in [1.807, 2.05) is 0 Å². The lowest BCUT2D eigenvalue weighted by Crippen LogP contribution is -2.45. The topological polar surface area (TPSA) is 30.5 Å². The molecule has 3 heteroatoms. The van der Waals surface area contributed by atoms with Gasteiger partial charge in [0, 0.05) is 13.1 Å². The van der Waals surface area contributed by atoms with Gasteiger partial charge in [-0.3, -0.25) is 0 Å². The molecule has 3 unspecified atom stereocenters. The maximum absolute atomic E-state index is 5.87. The second-order valence-corrected chi connectivity index (χ2v) is 4.05. The van der Waals surface area contributed by atoms with Crippen LogP contribution in [-0.4, -0.2) is 38.0 Å². The monoisotopic (exact) mass is 201 g/mol. The van der Waals surface area contributed by atoms with Crippen molar-refractivity contribution in [2.24, 2.45) is 0 Å². The quantitative estimate of drug-likeness (QED) is 0.732. The number of ether oxygens (including phenoxy) is 2. The molecule has 1 N–H and O–H groups in total. The Bertz CT molecular complexity index is 146. The van der Waals surface area contributed by atoms with Crippen molar-refractivity contribution in [2.75, 3.05) is 19.7 Å². The van der Waals surface area contributed by atoms with Gasteiger partial charge in [0.05, 0.1) is 24.9 Å². The second-order valence-electron chi connectivity index (χ2n) is 4.05. The number of rotatable bonds is 5. The van der Waals surface area contributed by atoms with Gasteiger partial charge in [-0.15, -0.1) is 0 Å². The first kappa shape index (κ1) is 12.0. The van der Waals surface area contributed by atoms with Crippen LogP contribution in [0, 0.1) is 0 Å². The van der Waals surface area contributed by atoms with Crippen molar-refractivity contribution in [2.45, 2.75) is 51.9 Å². The molecule has 1 fully saturated rings. The molecule has 84 valence electrons. The van der Waals surface area contributed by atoms with Crippen LogP contribution in [0.1, 0.15) is 33.6 Å². The number of hydrogen-bond acceptors (Lipinski definition) is 3. The Morgan fingerprint density at radius 3 is 2.86 bits per heavy atom. The molecule has 0 amide bonds. The van der Waals surface area contributed by atoms with Crippen molar-refractivity contribution >= 4 is 0 Å². The molecule has 0 aliphatic carbocycles. The summed E-state index contributed by atoms with van der Waals surface area (Å²) in [5.74, 6) is 0. The molecule has 3 nitrogen and oxygen atoms in total. The molecule has 1 aliphatic heterocycles. The molecule has 1 heterocycles. The zero-order valence-corrected chi connectivity index (χ0v) is 9.58. The van der Waals surface area contributed by atoms with E-state index in [1.54, 1.807) is 0 Å². The predicted octanol–water partition coefficient (Wildman–Crippen LogP) is 1.57. The molecule has 0 bridgehead atoms. The van der Waals surface area contributed by atoms with Gasteiger partial charge in [-0.1, -0.05) is 13.3 Å². The summed E-state index contributed by atoms with van der Waals surface area (Å²) in [5, 5.41) is 3.32. The highest BCUT2D eigenvalue weighted by molar-refractivity contribution is 4.74. The Hall–Kier alpha value is -0.120. The lowest BCUT2D eigenvalue weighted by Gasteiger charge is -2.30. The highest BCUT2D eigenvalue weighted by atomic mass is 16.5. The fraction of sp³-hybridized carbons (Fsp3) is 1.00. The van der Waals surface area contributed by atoms with Crippen molar-refractivity contribution in [3.05, 3.63) is 0 Å². The standard InChI is InChI=1S/C11H23NO2/c1-4-5-9(2)14-10(3)11-8-12-6-7-13-11/h9-12H,4-8H2,1-3H3. The largest absolute Gasteiger partial charge is 0.373 e. The fourth-order valence-corrected chi connectivity index (χ4v) is 1.82. The summed E-state index contributed by atoms with van der Waals surface area (Å²) < 4.78 is 11.5. The van der Waals surface area contributed by atoms with Crippen molar-refractivity contribution in [1.82, 2.24) is 5.32 Å². The van der Waals surface area contributed by atoms with Crippen molar-refractivity contribution < 1.29 is 9.47 Å². The summed E-state index contributed by atoms with van der Waals surface area (Å²) >= 11 is 0. The van der Waals surface area contributed by atoms with E-state index in [2.05, 4.69) is 26.1 Å². The highest BCUT2D eigenvalue weighted by Crippen LogP contribution is 2.11. The van der Waals surface area contributed by atoms with Crippen LogP contribution in [0.2, 0.25) is 0 Å². The van der Waals surface area contributed by atoms with Crippen LogP contribution in [0.3, 0.4) is 0 Å². The van der Waals surface area contributed by atoms with Gasteiger partial charge in [0.25, 0.3) is 0 Å². The van der Waals surface area contributed by atoms with Gasteiger partial charge in [0.1, 0.15) is 0 Å². The molecule has 3 atom stereocenters. The molecule has 0 aromatic heterocycles. The molecule has 0 spiro atoms. The zero-order chi connectivity index (χ0) is 10.4. The lowest BCUT2D eigenvalue weighted by molar-refractivity contribution is -0.0993. The van der Waals surface area contributed by atoms with Gasteiger partial charge < -0.3 is 14.8 Å². The highest BCUT2D eigenvalue weighted by Gasteiger charge is 2.22. The smallest absolute Gasteiger partial charge is 0.0958 e. The van der Waals surface area contributed by atoms with Gasteiger partial charge in [-0.2, -0.15) is 0 Å². The summed E-state index contributed by atoms with van der Waals surface area (Å²) in [7, 11) is 0. The average Bonchev–Trinajstić information content (AvgIpc) is 2.19. The zero-order valence-electron chi connectivity index (χ0n) is 9.58. The number of morpholine rings is 1. The first-order valence-electron chi connectivity index (χ1n) is 5.71. The second kappa shape index (κ2) is 6.38. The minimum Gasteiger partial charge on any atom is -0.373 e. The maximum atomic E-state index is 5.87. The third kappa shape index (κ3) is 3.95. The van der Waals surface area contributed by atoms with Gasteiger partial charge in [0.2, 0.25) is 0 Å². The summed E-state index contributed by atoms with van der Waals surface area (Å²) in [6, 6.07) is 0. The molecule has 0 aromatic carbocycles. The van der Waals surface area contributed by atoms with E-state index in [4.69, 9.17) is 9.47 Å². The van der Waals surface area contributed by atoms with E-state index < -0.39 is 0 Å². The molecule has 1 saturated heterocycles. The molecule has 14 heavy (non-hydrogen) atoms. The maximum Gasteiger partial charge on any atom is 0.0958 e. The normalized spacial score (nSPS) is 27.2. The Morgan fingerprint density at radius 1 is 1.50 bits per heavy atom. The van der Waals surface area contributed by atoms with Gasteiger partial charge in [-0.25, -0.2) is 0 Å². The summed E-state index contributed by atoms with van der Waals surface area (Å²) in [5.41, 5.74) is 0. The van der Waals surface area contributed by atoms with E-state index >= 15 is 0 Å². The van der Waals surface area contributed by atoms with Crippen molar-refractivity contribution in [3.8, 4) is 0 Å². The van der Waals surface area contributed by atoms with E-state index in [0.29, 0.717) is 6.10 Å². The van der Waals surface area contributed by atoms with Crippen LogP contribution in [0.15, 0.2) is 0 Å². The van der Waals surface area contributed by atoms with Crippen molar-refractivity contribution in [1.29, 1.82) is 0 Å². The molecular weight excluding hydrogens is 178 g/mol. The third-order valence-electron chi connectivity index (χ3n) is 2.62. The summed E-state index contributed by atoms with van der Waals surface area (Å²) in [4.78, 5) is 0. The predicted molar refractivity (Wildman–Crippen MR) is 57.5 cm³/mol. The van der Waals surface area contributed by atoms with Gasteiger partial charge >= 0.3 is 0 Å². The minimum absolute atomic E-state index is 0.198. The van der Waals surface area contributed by atoms with Crippen LogP contribution in [0.25, 0.3) is 0 Å². The number of nitrogens with one attached hydrogen (secondary N) is 1. The molecule has 1 rings (SSSR count). The van der Waals surface area contributed by atoms with E-state index in [1.165, 1.54) is 6.42 Å². The Labute approximate surface area is 87.2 Å². The van der Waals surface area contributed by atoms with E-state index in [9.17, 15) is 0 Å². The van der Waals surface area contributed by atoms with Crippen molar-refractivity contribution in [3.63, 3.8) is 0 Å². The minimum atomic E-state index is 0.198. The number of hydrogen-bond donors (Lipinski definition) is 1. The Morgan fingerprint density at radius 2 is 2.29 bits per heavy atom. The van der Waals surface area contributed by atoms with Crippen LogP contribution in [-0.2, 0) is 9.47 Å². The Kier molecular flexibility index (Phi) is 5.45. The molecule has 0 radical (unpaired) electrons. The molecule has 0 aromatic rings. The first-order chi connectivity index (χ1) is 6.74. The fourth-order valence-electron chi connectivity index (χ4n) is 1.82. The average molecular weight is 201 g/mol.